The van der Waals surface area contributed by atoms with E-state index in [0.29, 0.717) is 0 Å². The van der Waals surface area contributed by atoms with Gasteiger partial charge >= 0.3 is 0 Å². The van der Waals surface area contributed by atoms with E-state index in [1.165, 1.54) is 34.9 Å². The third kappa shape index (κ3) is 2.39. The van der Waals surface area contributed by atoms with Crippen molar-refractivity contribution in [2.75, 3.05) is 7.11 Å². The lowest BCUT2D eigenvalue weighted by Crippen LogP contribution is -1.79. The number of nitrogens with one attached hydrogen (secondary N) is 1. The van der Waals surface area contributed by atoms with Gasteiger partial charge in [0.05, 0.1) is 0 Å². The summed E-state index contributed by atoms with van der Waals surface area (Å²) in [5.41, 5.74) is 4.08. The SMILES string of the molecule is CCCc1c[nH]c2c(C)cccc12.CO. The van der Waals surface area contributed by atoms with Crippen LogP contribution in [-0.4, -0.2) is 17.2 Å². The largest absolute Gasteiger partial charge is 0.400 e. The smallest absolute Gasteiger partial charge is 0.0486 e. The minimum Gasteiger partial charge on any atom is -0.400 e. The average Bonchev–Trinajstić information content (AvgIpc) is 2.67. The summed E-state index contributed by atoms with van der Waals surface area (Å²) < 4.78 is 0. The number of hydrogen-bond acceptors (Lipinski definition) is 1. The number of aryl methyl sites for hydroxylation is 2. The van der Waals surface area contributed by atoms with Crippen LogP contribution in [0.25, 0.3) is 10.9 Å². The molecule has 0 aliphatic heterocycles. The van der Waals surface area contributed by atoms with Gasteiger partial charge in [-0.15, -0.1) is 0 Å². The van der Waals surface area contributed by atoms with Crippen molar-refractivity contribution >= 4 is 10.9 Å². The first kappa shape index (κ1) is 11.8. The fourth-order valence-corrected chi connectivity index (χ4v) is 1.84. The van der Waals surface area contributed by atoms with Crippen molar-refractivity contribution in [1.82, 2.24) is 4.98 Å². The van der Waals surface area contributed by atoms with Crippen LogP contribution in [0.1, 0.15) is 24.5 Å². The molecule has 0 aliphatic rings. The van der Waals surface area contributed by atoms with Crippen LogP contribution in [-0.2, 0) is 6.42 Å². The summed E-state index contributed by atoms with van der Waals surface area (Å²) >= 11 is 0. The molecule has 15 heavy (non-hydrogen) atoms. The highest BCUT2D eigenvalue weighted by atomic mass is 16.2. The molecule has 1 aromatic carbocycles. The molecule has 0 saturated carbocycles. The molecule has 0 saturated heterocycles. The molecule has 1 aromatic heterocycles. The van der Waals surface area contributed by atoms with Crippen LogP contribution in [0.4, 0.5) is 0 Å². The van der Waals surface area contributed by atoms with Gasteiger partial charge in [0.1, 0.15) is 0 Å². The molecule has 0 bridgehead atoms. The molecule has 0 radical (unpaired) electrons. The highest BCUT2D eigenvalue weighted by Gasteiger charge is 2.03. The lowest BCUT2D eigenvalue weighted by molar-refractivity contribution is 0.399. The van der Waals surface area contributed by atoms with Crippen molar-refractivity contribution in [3.8, 4) is 0 Å². The van der Waals surface area contributed by atoms with Crippen LogP contribution in [0.5, 0.6) is 0 Å². The van der Waals surface area contributed by atoms with Crippen molar-refractivity contribution in [1.29, 1.82) is 0 Å². The summed E-state index contributed by atoms with van der Waals surface area (Å²) in [7, 11) is 1.00. The van der Waals surface area contributed by atoms with Gasteiger partial charge in [0.15, 0.2) is 0 Å². The Kier molecular flexibility index (Phi) is 4.37. The minimum atomic E-state index is 1.00. The Morgan fingerprint density at radius 3 is 2.67 bits per heavy atom. The molecule has 2 aromatic rings. The van der Waals surface area contributed by atoms with Crippen molar-refractivity contribution in [2.45, 2.75) is 26.7 Å². The summed E-state index contributed by atoms with van der Waals surface area (Å²) in [6.45, 7) is 4.36. The Balaban J connectivity index is 0.000000531. The van der Waals surface area contributed by atoms with Gasteiger partial charge in [-0.2, -0.15) is 0 Å². The number of rotatable bonds is 2. The molecular weight excluding hydrogens is 186 g/mol. The van der Waals surface area contributed by atoms with E-state index in [9.17, 15) is 0 Å². The van der Waals surface area contributed by atoms with Crippen LogP contribution < -0.4 is 0 Å². The summed E-state index contributed by atoms with van der Waals surface area (Å²) in [5.74, 6) is 0. The van der Waals surface area contributed by atoms with Gasteiger partial charge in [-0.25, -0.2) is 0 Å². The first-order chi connectivity index (χ1) is 7.33. The Hall–Kier alpha value is -1.28. The van der Waals surface area contributed by atoms with Gasteiger partial charge in [-0.1, -0.05) is 31.5 Å². The number of benzene rings is 1. The van der Waals surface area contributed by atoms with Crippen LogP contribution in [0.15, 0.2) is 24.4 Å². The lowest BCUT2D eigenvalue weighted by Gasteiger charge is -1.97. The normalized spacial score (nSPS) is 9.87. The van der Waals surface area contributed by atoms with Crippen molar-refractivity contribution < 1.29 is 5.11 Å². The molecule has 0 fully saturated rings. The average molecular weight is 205 g/mol. The first-order valence-corrected chi connectivity index (χ1v) is 5.33. The monoisotopic (exact) mass is 205 g/mol. The molecule has 0 unspecified atom stereocenters. The third-order valence-electron chi connectivity index (χ3n) is 2.53. The van der Waals surface area contributed by atoms with Crippen molar-refractivity contribution in [2.24, 2.45) is 0 Å². The lowest BCUT2D eigenvalue weighted by atomic mass is 10.1. The van der Waals surface area contributed by atoms with E-state index >= 15 is 0 Å². The topological polar surface area (TPSA) is 36.0 Å². The van der Waals surface area contributed by atoms with Gasteiger partial charge in [-0.3, -0.25) is 0 Å². The number of aromatic amines is 1. The fourth-order valence-electron chi connectivity index (χ4n) is 1.84. The summed E-state index contributed by atoms with van der Waals surface area (Å²) in [4.78, 5) is 3.34. The highest BCUT2D eigenvalue weighted by Crippen LogP contribution is 2.21. The Morgan fingerprint density at radius 1 is 1.27 bits per heavy atom. The molecule has 0 aliphatic carbocycles. The first-order valence-electron chi connectivity index (χ1n) is 5.33. The zero-order valence-corrected chi connectivity index (χ0v) is 9.67. The predicted octanol–water partition coefficient (Wildman–Crippen LogP) is 3.04. The molecule has 0 spiro atoms. The van der Waals surface area contributed by atoms with Gasteiger partial charge in [-0.05, 0) is 24.5 Å². The summed E-state index contributed by atoms with van der Waals surface area (Å²) in [6.07, 6.45) is 4.52. The number of aromatic nitrogens is 1. The van der Waals surface area contributed by atoms with Crippen LogP contribution in [0.2, 0.25) is 0 Å². The Bertz CT molecular complexity index is 417. The molecule has 0 atom stereocenters. The van der Waals surface area contributed by atoms with Crippen LogP contribution >= 0.6 is 0 Å². The Labute approximate surface area is 90.9 Å². The molecule has 1 heterocycles. The maximum absolute atomic E-state index is 7.00. The van der Waals surface area contributed by atoms with E-state index in [1.807, 2.05) is 0 Å². The maximum atomic E-state index is 7.00. The fraction of sp³-hybridized carbons (Fsp3) is 0.385. The summed E-state index contributed by atoms with van der Waals surface area (Å²) in [5, 5.41) is 8.39. The number of aliphatic hydroxyl groups is 1. The van der Waals surface area contributed by atoms with Gasteiger partial charge in [0.25, 0.3) is 0 Å². The van der Waals surface area contributed by atoms with E-state index in [0.717, 1.165) is 7.11 Å². The molecule has 0 amide bonds. The van der Waals surface area contributed by atoms with Crippen LogP contribution in [0.3, 0.4) is 0 Å². The van der Waals surface area contributed by atoms with Crippen molar-refractivity contribution in [3.05, 3.63) is 35.5 Å². The van der Waals surface area contributed by atoms with E-state index in [4.69, 9.17) is 5.11 Å². The standard InChI is InChI=1S/C12H15N.CH4O/c1-3-5-10-8-13-12-9(2)6-4-7-11(10)12;1-2/h4,6-8,13H,3,5H2,1-2H3;2H,1H3. The van der Waals surface area contributed by atoms with Crippen LogP contribution in [0, 0.1) is 6.92 Å². The highest BCUT2D eigenvalue weighted by molar-refractivity contribution is 5.85. The molecule has 2 rings (SSSR count). The van der Waals surface area contributed by atoms with E-state index < -0.39 is 0 Å². The summed E-state index contributed by atoms with van der Waals surface area (Å²) in [6, 6.07) is 6.48. The van der Waals surface area contributed by atoms with E-state index in [1.54, 1.807) is 0 Å². The van der Waals surface area contributed by atoms with Gasteiger partial charge in [0, 0.05) is 24.2 Å². The molecular formula is C13H19NO. The second-order valence-corrected chi connectivity index (χ2v) is 3.56. The van der Waals surface area contributed by atoms with Gasteiger partial charge < -0.3 is 10.1 Å². The predicted molar refractivity (Wildman–Crippen MR) is 65.2 cm³/mol. The molecule has 2 nitrogen and oxygen atoms in total. The quantitative estimate of drug-likeness (QED) is 0.776. The van der Waals surface area contributed by atoms with E-state index in [2.05, 4.69) is 43.2 Å². The van der Waals surface area contributed by atoms with E-state index in [-0.39, 0.29) is 0 Å². The number of para-hydroxylation sites is 1. The number of aliphatic hydroxyl groups excluding tert-OH is 1. The minimum absolute atomic E-state index is 1.00. The molecule has 82 valence electrons. The number of hydrogen-bond donors (Lipinski definition) is 2. The van der Waals surface area contributed by atoms with Crippen molar-refractivity contribution in [3.63, 3.8) is 0 Å². The zero-order chi connectivity index (χ0) is 11.3. The second kappa shape index (κ2) is 5.56. The second-order valence-electron chi connectivity index (χ2n) is 3.56. The third-order valence-corrected chi connectivity index (χ3v) is 2.53. The maximum Gasteiger partial charge on any atom is 0.0486 e. The van der Waals surface area contributed by atoms with Gasteiger partial charge in [0.2, 0.25) is 0 Å². The number of H-pyrrole nitrogens is 1. The molecule has 2 N–H and O–H groups in total. The zero-order valence-electron chi connectivity index (χ0n) is 9.67. The molecule has 2 heteroatoms. The number of fused-ring (bicyclic) bond motifs is 1. The Morgan fingerprint density at radius 2 is 2.00 bits per heavy atom.